The average Bonchev–Trinajstić information content (AvgIpc) is 3.30. The number of hydrogen-bond donors (Lipinski definition) is 0. The van der Waals surface area contributed by atoms with Crippen molar-refractivity contribution < 1.29 is 14.3 Å². The summed E-state index contributed by atoms with van der Waals surface area (Å²) in [6.45, 7) is 4.99. The van der Waals surface area contributed by atoms with Crippen LogP contribution in [0.4, 0.5) is 5.69 Å². The Balaban J connectivity index is 1.55. The Morgan fingerprint density at radius 2 is 2.04 bits per heavy atom. The number of carbonyl (C=O) groups is 2. The zero-order valence-electron chi connectivity index (χ0n) is 15.5. The fourth-order valence-corrected chi connectivity index (χ4v) is 4.03. The van der Waals surface area contributed by atoms with E-state index in [-0.39, 0.29) is 23.8 Å². The van der Waals surface area contributed by atoms with Crippen molar-refractivity contribution in [1.29, 1.82) is 0 Å². The SMILES string of the molecule is CCn1nccc1C(=O)N1CCC2(COCC(=O)N(c3ccccc3)C2)C1. The highest BCUT2D eigenvalue weighted by atomic mass is 16.5. The van der Waals surface area contributed by atoms with E-state index in [0.29, 0.717) is 38.5 Å². The molecule has 1 unspecified atom stereocenters. The molecule has 142 valence electrons. The molecule has 4 rings (SSSR count). The van der Waals surface area contributed by atoms with E-state index in [0.717, 1.165) is 12.1 Å². The van der Waals surface area contributed by atoms with Crippen LogP contribution < -0.4 is 4.90 Å². The molecule has 0 radical (unpaired) electrons. The summed E-state index contributed by atoms with van der Waals surface area (Å²) >= 11 is 0. The quantitative estimate of drug-likeness (QED) is 0.829. The molecule has 0 aliphatic carbocycles. The predicted octanol–water partition coefficient (Wildman–Crippen LogP) is 1.80. The molecule has 2 aromatic rings. The minimum absolute atomic E-state index is 0.00643. The molecular weight excluding hydrogens is 344 g/mol. The molecule has 0 saturated carbocycles. The summed E-state index contributed by atoms with van der Waals surface area (Å²) in [7, 11) is 0. The van der Waals surface area contributed by atoms with Gasteiger partial charge < -0.3 is 14.5 Å². The molecule has 7 nitrogen and oxygen atoms in total. The van der Waals surface area contributed by atoms with Gasteiger partial charge in [0.1, 0.15) is 12.3 Å². The van der Waals surface area contributed by atoms with E-state index < -0.39 is 0 Å². The number of aromatic nitrogens is 2. The maximum absolute atomic E-state index is 13.0. The van der Waals surface area contributed by atoms with Gasteiger partial charge in [-0.3, -0.25) is 14.3 Å². The maximum Gasteiger partial charge on any atom is 0.272 e. The molecule has 2 amide bonds. The van der Waals surface area contributed by atoms with Gasteiger partial charge in [0.2, 0.25) is 0 Å². The maximum atomic E-state index is 13.0. The third-order valence-corrected chi connectivity index (χ3v) is 5.46. The molecule has 2 fully saturated rings. The third-order valence-electron chi connectivity index (χ3n) is 5.46. The number of nitrogens with zero attached hydrogens (tertiary/aromatic N) is 4. The van der Waals surface area contributed by atoms with Crippen LogP contribution in [0.15, 0.2) is 42.6 Å². The number of rotatable bonds is 3. The van der Waals surface area contributed by atoms with Gasteiger partial charge in [-0.15, -0.1) is 0 Å². The number of para-hydroxylation sites is 1. The number of likely N-dealkylation sites (tertiary alicyclic amines) is 1. The Hall–Kier alpha value is -2.67. The summed E-state index contributed by atoms with van der Waals surface area (Å²) in [5.74, 6) is -0.0417. The van der Waals surface area contributed by atoms with Crippen molar-refractivity contribution in [2.45, 2.75) is 19.9 Å². The van der Waals surface area contributed by atoms with Crippen molar-refractivity contribution in [3.8, 4) is 0 Å². The van der Waals surface area contributed by atoms with Crippen molar-refractivity contribution in [1.82, 2.24) is 14.7 Å². The smallest absolute Gasteiger partial charge is 0.272 e. The molecule has 2 saturated heterocycles. The van der Waals surface area contributed by atoms with Gasteiger partial charge in [-0.05, 0) is 31.5 Å². The lowest BCUT2D eigenvalue weighted by Crippen LogP contribution is -2.43. The third kappa shape index (κ3) is 3.35. The summed E-state index contributed by atoms with van der Waals surface area (Å²) < 4.78 is 7.43. The number of ether oxygens (including phenoxy) is 1. The standard InChI is InChI=1S/C20H24N4O3/c1-2-24-17(8-10-21-24)19(26)22-11-9-20(13-22)14-23(18(25)12-27-15-20)16-6-4-3-5-7-16/h3-8,10H,2,9,11-15H2,1H3. The van der Waals surface area contributed by atoms with E-state index in [1.807, 2.05) is 42.2 Å². The van der Waals surface area contributed by atoms with E-state index in [4.69, 9.17) is 4.74 Å². The topological polar surface area (TPSA) is 67.7 Å². The molecule has 1 atom stereocenters. The van der Waals surface area contributed by atoms with Crippen LogP contribution in [0.2, 0.25) is 0 Å². The van der Waals surface area contributed by atoms with Crippen LogP contribution in [0.3, 0.4) is 0 Å². The highest BCUT2D eigenvalue weighted by Crippen LogP contribution is 2.35. The second-order valence-electron chi connectivity index (χ2n) is 7.32. The largest absolute Gasteiger partial charge is 0.371 e. The predicted molar refractivity (Wildman–Crippen MR) is 100 cm³/mol. The van der Waals surface area contributed by atoms with E-state index in [9.17, 15) is 9.59 Å². The van der Waals surface area contributed by atoms with Gasteiger partial charge in [0.25, 0.3) is 11.8 Å². The summed E-state index contributed by atoms with van der Waals surface area (Å²) in [4.78, 5) is 29.2. The summed E-state index contributed by atoms with van der Waals surface area (Å²) in [6, 6.07) is 11.4. The van der Waals surface area contributed by atoms with Crippen LogP contribution in [0.1, 0.15) is 23.8 Å². The molecule has 2 aliphatic rings. The molecule has 3 heterocycles. The van der Waals surface area contributed by atoms with E-state index in [2.05, 4.69) is 5.10 Å². The zero-order chi connectivity index (χ0) is 18.9. The molecule has 1 aromatic carbocycles. The molecular formula is C20H24N4O3. The first-order valence-electron chi connectivity index (χ1n) is 9.36. The summed E-state index contributed by atoms with van der Waals surface area (Å²) in [6.07, 6.45) is 2.47. The van der Waals surface area contributed by atoms with Gasteiger partial charge in [-0.25, -0.2) is 0 Å². The van der Waals surface area contributed by atoms with Crippen molar-refractivity contribution in [3.05, 3.63) is 48.3 Å². The van der Waals surface area contributed by atoms with Crippen molar-refractivity contribution in [3.63, 3.8) is 0 Å². The lowest BCUT2D eigenvalue weighted by molar-refractivity contribution is -0.122. The van der Waals surface area contributed by atoms with E-state index >= 15 is 0 Å². The monoisotopic (exact) mass is 368 g/mol. The highest BCUT2D eigenvalue weighted by molar-refractivity contribution is 5.95. The van der Waals surface area contributed by atoms with Crippen LogP contribution in [-0.2, 0) is 16.1 Å². The van der Waals surface area contributed by atoms with Crippen molar-refractivity contribution >= 4 is 17.5 Å². The van der Waals surface area contributed by atoms with E-state index in [1.54, 1.807) is 21.8 Å². The van der Waals surface area contributed by atoms with Crippen LogP contribution in [0.25, 0.3) is 0 Å². The Morgan fingerprint density at radius 1 is 1.22 bits per heavy atom. The molecule has 7 heteroatoms. The number of carbonyl (C=O) groups excluding carboxylic acids is 2. The van der Waals surface area contributed by atoms with Gasteiger partial charge in [-0.2, -0.15) is 5.10 Å². The van der Waals surface area contributed by atoms with Crippen molar-refractivity contribution in [2.75, 3.05) is 37.7 Å². The lowest BCUT2D eigenvalue weighted by Gasteiger charge is -2.31. The molecule has 1 aromatic heterocycles. The van der Waals surface area contributed by atoms with Crippen LogP contribution >= 0.6 is 0 Å². The first-order chi connectivity index (χ1) is 13.1. The Kier molecular flexibility index (Phi) is 4.70. The Labute approximate surface area is 158 Å². The van der Waals surface area contributed by atoms with Gasteiger partial charge in [-0.1, -0.05) is 18.2 Å². The van der Waals surface area contributed by atoms with Crippen LogP contribution in [-0.4, -0.2) is 59.3 Å². The minimum atomic E-state index is -0.241. The fraction of sp³-hybridized carbons (Fsp3) is 0.450. The van der Waals surface area contributed by atoms with Crippen LogP contribution in [0.5, 0.6) is 0 Å². The van der Waals surface area contributed by atoms with Gasteiger partial charge in [0, 0.05) is 43.5 Å². The normalized spacial score (nSPS) is 23.1. The number of amides is 2. The highest BCUT2D eigenvalue weighted by Gasteiger charge is 2.44. The second-order valence-corrected chi connectivity index (χ2v) is 7.32. The molecule has 0 bridgehead atoms. The summed E-state index contributed by atoms with van der Waals surface area (Å²) in [5, 5.41) is 4.20. The molecule has 0 N–H and O–H groups in total. The van der Waals surface area contributed by atoms with Crippen LogP contribution in [0, 0.1) is 5.41 Å². The Morgan fingerprint density at radius 3 is 2.81 bits per heavy atom. The molecule has 27 heavy (non-hydrogen) atoms. The Bertz CT molecular complexity index is 835. The van der Waals surface area contributed by atoms with Gasteiger partial charge in [0.15, 0.2) is 0 Å². The van der Waals surface area contributed by atoms with Gasteiger partial charge >= 0.3 is 0 Å². The number of aryl methyl sites for hydroxylation is 1. The number of anilines is 1. The number of hydrogen-bond acceptors (Lipinski definition) is 4. The van der Waals surface area contributed by atoms with E-state index in [1.165, 1.54) is 0 Å². The van der Waals surface area contributed by atoms with Crippen molar-refractivity contribution in [2.24, 2.45) is 5.41 Å². The second kappa shape index (κ2) is 7.15. The molecule has 1 spiro atoms. The summed E-state index contributed by atoms with van der Waals surface area (Å²) in [5.41, 5.74) is 1.25. The average molecular weight is 368 g/mol. The first kappa shape index (κ1) is 17.7. The number of benzene rings is 1. The fourth-order valence-electron chi connectivity index (χ4n) is 4.03. The minimum Gasteiger partial charge on any atom is -0.371 e. The lowest BCUT2D eigenvalue weighted by atomic mass is 9.87. The zero-order valence-corrected chi connectivity index (χ0v) is 15.5. The van der Waals surface area contributed by atoms with Gasteiger partial charge in [0.05, 0.1) is 6.61 Å². The molecule has 2 aliphatic heterocycles. The first-order valence-corrected chi connectivity index (χ1v) is 9.36.